The number of rotatable bonds is 3. The molecule has 2 atom stereocenters. The van der Waals surface area contributed by atoms with E-state index in [0.29, 0.717) is 12.5 Å². The predicted molar refractivity (Wildman–Crippen MR) is 69.9 cm³/mol. The molecule has 0 aliphatic heterocycles. The number of hydrogen-bond donors (Lipinski definition) is 2. The van der Waals surface area contributed by atoms with E-state index in [1.807, 2.05) is 0 Å². The summed E-state index contributed by atoms with van der Waals surface area (Å²) in [7, 11) is 0. The van der Waals surface area contributed by atoms with Crippen LogP contribution in [-0.2, 0) is 5.41 Å². The molecule has 0 radical (unpaired) electrons. The van der Waals surface area contributed by atoms with Crippen LogP contribution in [0.25, 0.3) is 10.8 Å². The van der Waals surface area contributed by atoms with Gasteiger partial charge in [0, 0.05) is 18.6 Å². The van der Waals surface area contributed by atoms with Gasteiger partial charge in [0.25, 0.3) is 0 Å². The summed E-state index contributed by atoms with van der Waals surface area (Å²) in [5.74, 6) is 0.332. The lowest BCUT2D eigenvalue weighted by molar-refractivity contribution is 0.264. The van der Waals surface area contributed by atoms with Crippen molar-refractivity contribution in [2.45, 2.75) is 11.8 Å². The molecule has 1 aliphatic carbocycles. The van der Waals surface area contributed by atoms with Gasteiger partial charge in [0.2, 0.25) is 0 Å². The molecule has 0 aromatic heterocycles. The van der Waals surface area contributed by atoms with E-state index in [0.717, 1.165) is 6.42 Å². The van der Waals surface area contributed by atoms with E-state index in [2.05, 4.69) is 42.5 Å². The molecule has 1 fully saturated rings. The molecular formula is C15H17NO. The van der Waals surface area contributed by atoms with Crippen LogP contribution in [0.2, 0.25) is 0 Å². The summed E-state index contributed by atoms with van der Waals surface area (Å²) < 4.78 is 0. The van der Waals surface area contributed by atoms with Crippen molar-refractivity contribution < 1.29 is 5.11 Å². The van der Waals surface area contributed by atoms with Gasteiger partial charge in [-0.15, -0.1) is 0 Å². The Morgan fingerprint density at radius 3 is 2.65 bits per heavy atom. The molecule has 2 aromatic rings. The first-order valence-electron chi connectivity index (χ1n) is 6.11. The van der Waals surface area contributed by atoms with E-state index in [1.165, 1.54) is 16.3 Å². The molecule has 3 rings (SSSR count). The largest absolute Gasteiger partial charge is 0.396 e. The Kier molecular flexibility index (Phi) is 2.42. The fourth-order valence-corrected chi connectivity index (χ4v) is 2.97. The first kappa shape index (κ1) is 10.8. The number of nitrogens with two attached hydrogens (primary N) is 1. The van der Waals surface area contributed by atoms with Crippen LogP contribution in [0.3, 0.4) is 0 Å². The van der Waals surface area contributed by atoms with Crippen LogP contribution in [-0.4, -0.2) is 18.3 Å². The van der Waals surface area contributed by atoms with Crippen LogP contribution in [0.15, 0.2) is 42.5 Å². The monoisotopic (exact) mass is 227 g/mol. The Balaban J connectivity index is 2.18. The standard InChI is InChI=1S/C15H17NO/c16-10-15(8-12(15)9-17)14-7-3-5-11-4-1-2-6-13(11)14/h1-7,12,17H,8-10,16H2/t12-,15?/m0/s1. The third-order valence-electron chi connectivity index (χ3n) is 4.14. The summed E-state index contributed by atoms with van der Waals surface area (Å²) in [5.41, 5.74) is 7.26. The van der Waals surface area contributed by atoms with Crippen LogP contribution < -0.4 is 5.73 Å². The predicted octanol–water partition coefficient (Wildman–Crippen LogP) is 2.05. The fraction of sp³-hybridized carbons (Fsp3) is 0.333. The molecule has 17 heavy (non-hydrogen) atoms. The summed E-state index contributed by atoms with van der Waals surface area (Å²) in [6.45, 7) is 0.854. The maximum absolute atomic E-state index is 9.35. The highest BCUT2D eigenvalue weighted by Crippen LogP contribution is 2.54. The van der Waals surface area contributed by atoms with E-state index >= 15 is 0 Å². The van der Waals surface area contributed by atoms with Crippen molar-refractivity contribution in [3.63, 3.8) is 0 Å². The second-order valence-corrected chi connectivity index (χ2v) is 4.97. The van der Waals surface area contributed by atoms with Crippen LogP contribution in [0.1, 0.15) is 12.0 Å². The number of benzene rings is 2. The van der Waals surface area contributed by atoms with Gasteiger partial charge >= 0.3 is 0 Å². The molecule has 88 valence electrons. The van der Waals surface area contributed by atoms with E-state index in [-0.39, 0.29) is 12.0 Å². The van der Waals surface area contributed by atoms with Crippen molar-refractivity contribution in [1.82, 2.24) is 0 Å². The van der Waals surface area contributed by atoms with Crippen LogP contribution in [0.5, 0.6) is 0 Å². The molecule has 2 aromatic carbocycles. The summed E-state index contributed by atoms with van der Waals surface area (Å²) in [6, 6.07) is 14.8. The van der Waals surface area contributed by atoms with Crippen molar-refractivity contribution in [1.29, 1.82) is 0 Å². The Morgan fingerprint density at radius 2 is 1.94 bits per heavy atom. The lowest BCUT2D eigenvalue weighted by Crippen LogP contribution is -2.23. The van der Waals surface area contributed by atoms with E-state index in [4.69, 9.17) is 5.73 Å². The van der Waals surface area contributed by atoms with Crippen molar-refractivity contribution >= 4 is 10.8 Å². The van der Waals surface area contributed by atoms with Crippen LogP contribution in [0, 0.1) is 5.92 Å². The second-order valence-electron chi connectivity index (χ2n) is 4.97. The zero-order valence-corrected chi connectivity index (χ0v) is 9.76. The van der Waals surface area contributed by atoms with Gasteiger partial charge in [-0.1, -0.05) is 42.5 Å². The molecule has 1 unspecified atom stereocenters. The Labute approximate surface area is 101 Å². The smallest absolute Gasteiger partial charge is 0.0468 e. The molecule has 1 saturated carbocycles. The molecule has 0 saturated heterocycles. The number of hydrogen-bond acceptors (Lipinski definition) is 2. The van der Waals surface area contributed by atoms with Crippen molar-refractivity contribution in [2.24, 2.45) is 11.7 Å². The third-order valence-corrected chi connectivity index (χ3v) is 4.14. The number of aliphatic hydroxyl groups excluding tert-OH is 1. The highest BCUT2D eigenvalue weighted by atomic mass is 16.3. The highest BCUT2D eigenvalue weighted by molar-refractivity contribution is 5.87. The van der Waals surface area contributed by atoms with Crippen molar-refractivity contribution in [3.05, 3.63) is 48.0 Å². The minimum atomic E-state index is 0.00954. The Bertz CT molecular complexity index is 546. The molecule has 0 heterocycles. The highest BCUT2D eigenvalue weighted by Gasteiger charge is 2.54. The summed E-state index contributed by atoms with van der Waals surface area (Å²) in [5, 5.41) is 11.9. The molecule has 2 heteroatoms. The van der Waals surface area contributed by atoms with E-state index < -0.39 is 0 Å². The van der Waals surface area contributed by atoms with Gasteiger partial charge in [0.1, 0.15) is 0 Å². The first-order chi connectivity index (χ1) is 8.31. The Hall–Kier alpha value is -1.38. The first-order valence-corrected chi connectivity index (χ1v) is 6.11. The van der Waals surface area contributed by atoms with Gasteiger partial charge in [0.15, 0.2) is 0 Å². The lowest BCUT2D eigenvalue weighted by atomic mass is 9.89. The average Bonchev–Trinajstić information content (AvgIpc) is 3.13. The van der Waals surface area contributed by atoms with Crippen molar-refractivity contribution in [3.8, 4) is 0 Å². The van der Waals surface area contributed by atoms with E-state index in [1.54, 1.807) is 0 Å². The zero-order chi connectivity index (χ0) is 11.9. The van der Waals surface area contributed by atoms with Gasteiger partial charge in [0.05, 0.1) is 0 Å². The third kappa shape index (κ3) is 1.48. The quantitative estimate of drug-likeness (QED) is 0.843. The minimum Gasteiger partial charge on any atom is -0.396 e. The van der Waals surface area contributed by atoms with Gasteiger partial charge in [-0.2, -0.15) is 0 Å². The SMILES string of the molecule is NCC1(c2cccc3ccccc23)C[C@H]1CO. The van der Waals surface area contributed by atoms with Crippen LogP contribution in [0.4, 0.5) is 0 Å². The normalized spacial score (nSPS) is 27.3. The molecule has 0 bridgehead atoms. The van der Waals surface area contributed by atoms with Gasteiger partial charge < -0.3 is 10.8 Å². The topological polar surface area (TPSA) is 46.2 Å². The van der Waals surface area contributed by atoms with Gasteiger partial charge in [-0.3, -0.25) is 0 Å². The molecule has 0 amide bonds. The average molecular weight is 227 g/mol. The molecular weight excluding hydrogens is 210 g/mol. The summed E-state index contributed by atoms with van der Waals surface area (Å²) >= 11 is 0. The maximum atomic E-state index is 9.35. The lowest BCUT2D eigenvalue weighted by Gasteiger charge is -2.17. The number of aliphatic hydroxyl groups is 1. The zero-order valence-electron chi connectivity index (χ0n) is 9.76. The minimum absolute atomic E-state index is 0.00954. The maximum Gasteiger partial charge on any atom is 0.0468 e. The summed E-state index contributed by atoms with van der Waals surface area (Å²) in [4.78, 5) is 0. The second kappa shape index (κ2) is 3.83. The summed E-state index contributed by atoms with van der Waals surface area (Å²) in [6.07, 6.45) is 1.01. The van der Waals surface area contributed by atoms with Crippen LogP contribution >= 0.6 is 0 Å². The molecule has 2 nitrogen and oxygen atoms in total. The van der Waals surface area contributed by atoms with E-state index in [9.17, 15) is 5.11 Å². The number of fused-ring (bicyclic) bond motifs is 1. The van der Waals surface area contributed by atoms with Gasteiger partial charge in [-0.05, 0) is 28.7 Å². The van der Waals surface area contributed by atoms with Gasteiger partial charge in [-0.25, -0.2) is 0 Å². The fourth-order valence-electron chi connectivity index (χ4n) is 2.97. The Morgan fingerprint density at radius 1 is 1.18 bits per heavy atom. The molecule has 3 N–H and O–H groups in total. The van der Waals surface area contributed by atoms with Crippen molar-refractivity contribution in [2.75, 3.05) is 13.2 Å². The molecule has 0 spiro atoms. The molecule has 1 aliphatic rings.